The van der Waals surface area contributed by atoms with Gasteiger partial charge in [0.2, 0.25) is 0 Å². The van der Waals surface area contributed by atoms with Crippen LogP contribution >= 0.6 is 0 Å². The van der Waals surface area contributed by atoms with Crippen molar-refractivity contribution in [1.29, 1.82) is 0 Å². The third kappa shape index (κ3) is 3.84. The highest BCUT2D eigenvalue weighted by atomic mass is 32.2. The van der Waals surface area contributed by atoms with Crippen molar-refractivity contribution < 1.29 is 8.42 Å². The molecule has 0 atom stereocenters. The monoisotopic (exact) mass is 328 g/mol. The molecule has 6 nitrogen and oxygen atoms in total. The summed E-state index contributed by atoms with van der Waals surface area (Å²) in [6.45, 7) is 0.0793. The van der Waals surface area contributed by atoms with Crippen LogP contribution in [0.5, 0.6) is 0 Å². The smallest absolute Gasteiger partial charge is 0.240 e. The van der Waals surface area contributed by atoms with Crippen molar-refractivity contribution in [3.8, 4) is 16.9 Å². The minimum atomic E-state index is -3.76. The molecule has 0 aliphatic carbocycles. The maximum atomic E-state index is 11.2. The first-order chi connectivity index (χ1) is 11.0. The number of nitrogens with zero attached hydrogens (tertiary/aromatic N) is 2. The van der Waals surface area contributed by atoms with E-state index in [9.17, 15) is 8.42 Å². The van der Waals surface area contributed by atoms with Gasteiger partial charge in [0, 0.05) is 23.9 Å². The molecular weight excluding hydrogens is 312 g/mol. The van der Waals surface area contributed by atoms with E-state index in [-0.39, 0.29) is 6.54 Å². The van der Waals surface area contributed by atoms with Crippen LogP contribution in [0.1, 0.15) is 5.56 Å². The maximum absolute atomic E-state index is 11.2. The van der Waals surface area contributed by atoms with E-state index < -0.39 is 10.2 Å². The predicted octanol–water partition coefficient (Wildman–Crippen LogP) is 1.83. The molecule has 0 fully saturated rings. The molecule has 0 bridgehead atoms. The fraction of sp³-hybridized carbons (Fsp3) is 0.0625. The van der Waals surface area contributed by atoms with Gasteiger partial charge in [0.25, 0.3) is 10.2 Å². The summed E-state index contributed by atoms with van der Waals surface area (Å²) < 4.78 is 26.4. The van der Waals surface area contributed by atoms with Gasteiger partial charge in [-0.1, -0.05) is 48.5 Å². The molecular formula is C16H16N4O2S. The van der Waals surface area contributed by atoms with Gasteiger partial charge in [0.1, 0.15) is 0 Å². The Hall–Kier alpha value is -2.48. The lowest BCUT2D eigenvalue weighted by atomic mass is 10.1. The molecule has 3 N–H and O–H groups in total. The van der Waals surface area contributed by atoms with Gasteiger partial charge in [-0.25, -0.2) is 9.82 Å². The number of aromatic nitrogens is 2. The van der Waals surface area contributed by atoms with Crippen molar-refractivity contribution in [2.45, 2.75) is 6.54 Å². The number of nitrogens with two attached hydrogens (primary N) is 1. The van der Waals surface area contributed by atoms with E-state index >= 15 is 0 Å². The van der Waals surface area contributed by atoms with E-state index in [0.29, 0.717) is 5.69 Å². The predicted molar refractivity (Wildman–Crippen MR) is 88.9 cm³/mol. The van der Waals surface area contributed by atoms with Crippen LogP contribution in [-0.4, -0.2) is 18.2 Å². The van der Waals surface area contributed by atoms with E-state index in [1.807, 2.05) is 60.7 Å². The molecule has 2 aromatic carbocycles. The number of para-hydroxylation sites is 1. The Morgan fingerprint density at radius 2 is 1.61 bits per heavy atom. The molecule has 0 amide bonds. The number of hydrogen-bond donors (Lipinski definition) is 2. The number of benzene rings is 2. The standard InChI is InChI=1S/C16H16N4O2S/c17-23(21,22)18-11-14-12-20(15-9-5-2-6-10-15)19-16(14)13-7-3-1-4-8-13/h1-10,12,18H,11H2,(H2,17,21,22). The molecule has 0 aliphatic rings. The Bertz CT molecular complexity index is 890. The van der Waals surface area contributed by atoms with Crippen LogP contribution in [0.15, 0.2) is 66.9 Å². The van der Waals surface area contributed by atoms with Crippen molar-refractivity contribution in [2.75, 3.05) is 0 Å². The van der Waals surface area contributed by atoms with Crippen molar-refractivity contribution in [2.24, 2.45) is 5.14 Å². The van der Waals surface area contributed by atoms with Gasteiger partial charge in [-0.15, -0.1) is 0 Å². The lowest BCUT2D eigenvalue weighted by molar-refractivity contribution is 0.583. The topological polar surface area (TPSA) is 90.0 Å². The molecule has 0 aliphatic heterocycles. The summed E-state index contributed by atoms with van der Waals surface area (Å²) in [5, 5.41) is 9.62. The summed E-state index contributed by atoms with van der Waals surface area (Å²) in [6.07, 6.45) is 1.80. The second-order valence-electron chi connectivity index (χ2n) is 5.02. The molecule has 118 valence electrons. The molecule has 1 aromatic heterocycles. The molecule has 0 saturated heterocycles. The largest absolute Gasteiger partial charge is 0.274 e. The number of hydrogen-bond acceptors (Lipinski definition) is 3. The van der Waals surface area contributed by atoms with Gasteiger partial charge >= 0.3 is 0 Å². The van der Waals surface area contributed by atoms with Crippen LogP contribution in [0.2, 0.25) is 0 Å². The summed E-state index contributed by atoms with van der Waals surface area (Å²) in [5.74, 6) is 0. The first-order valence-electron chi connectivity index (χ1n) is 7.00. The average molecular weight is 328 g/mol. The van der Waals surface area contributed by atoms with Crippen LogP contribution in [0.25, 0.3) is 16.9 Å². The van der Waals surface area contributed by atoms with E-state index in [0.717, 1.165) is 16.8 Å². The fourth-order valence-corrected chi connectivity index (χ4v) is 2.63. The zero-order valence-corrected chi connectivity index (χ0v) is 13.1. The molecule has 0 saturated carbocycles. The maximum Gasteiger partial charge on any atom is 0.274 e. The minimum Gasteiger partial charge on any atom is -0.240 e. The highest BCUT2D eigenvalue weighted by Crippen LogP contribution is 2.23. The van der Waals surface area contributed by atoms with Crippen molar-refractivity contribution in [1.82, 2.24) is 14.5 Å². The Kier molecular flexibility index (Phi) is 4.24. The van der Waals surface area contributed by atoms with E-state index in [2.05, 4.69) is 9.82 Å². The zero-order valence-electron chi connectivity index (χ0n) is 12.3. The molecule has 0 spiro atoms. The lowest BCUT2D eigenvalue weighted by Crippen LogP contribution is -2.30. The summed E-state index contributed by atoms with van der Waals surface area (Å²) in [6, 6.07) is 19.2. The quantitative estimate of drug-likeness (QED) is 0.749. The van der Waals surface area contributed by atoms with Gasteiger partial charge in [0.15, 0.2) is 0 Å². The Morgan fingerprint density at radius 3 is 2.22 bits per heavy atom. The first kappa shape index (κ1) is 15.4. The van der Waals surface area contributed by atoms with Crippen LogP contribution in [0, 0.1) is 0 Å². The van der Waals surface area contributed by atoms with E-state index in [1.165, 1.54) is 0 Å². The summed E-state index contributed by atoms with van der Waals surface area (Å²) in [5.41, 5.74) is 3.26. The molecule has 7 heteroatoms. The van der Waals surface area contributed by atoms with Gasteiger partial charge in [-0.2, -0.15) is 18.2 Å². The van der Waals surface area contributed by atoms with Gasteiger partial charge in [-0.05, 0) is 12.1 Å². The average Bonchev–Trinajstić information content (AvgIpc) is 2.98. The van der Waals surface area contributed by atoms with Crippen molar-refractivity contribution in [3.63, 3.8) is 0 Å². The first-order valence-corrected chi connectivity index (χ1v) is 8.54. The van der Waals surface area contributed by atoms with E-state index in [1.54, 1.807) is 10.9 Å². The second-order valence-corrected chi connectivity index (χ2v) is 6.39. The van der Waals surface area contributed by atoms with Gasteiger partial charge in [0.05, 0.1) is 11.4 Å². The Balaban J connectivity index is 2.03. The summed E-state index contributed by atoms with van der Waals surface area (Å²) in [7, 11) is -3.76. The molecule has 0 unspecified atom stereocenters. The normalized spacial score (nSPS) is 11.5. The molecule has 3 rings (SSSR count). The van der Waals surface area contributed by atoms with Crippen LogP contribution in [0.3, 0.4) is 0 Å². The lowest BCUT2D eigenvalue weighted by Gasteiger charge is -2.02. The van der Waals surface area contributed by atoms with E-state index in [4.69, 9.17) is 5.14 Å². The van der Waals surface area contributed by atoms with Crippen LogP contribution < -0.4 is 9.86 Å². The Labute approximate surface area is 134 Å². The van der Waals surface area contributed by atoms with Crippen molar-refractivity contribution in [3.05, 3.63) is 72.4 Å². The third-order valence-electron chi connectivity index (χ3n) is 3.32. The summed E-state index contributed by atoms with van der Waals surface area (Å²) >= 11 is 0. The minimum absolute atomic E-state index is 0.0793. The summed E-state index contributed by atoms with van der Waals surface area (Å²) in [4.78, 5) is 0. The molecule has 1 heterocycles. The van der Waals surface area contributed by atoms with Crippen molar-refractivity contribution >= 4 is 10.2 Å². The SMILES string of the molecule is NS(=O)(=O)NCc1cn(-c2ccccc2)nc1-c1ccccc1. The number of rotatable bonds is 5. The number of nitrogens with one attached hydrogen (secondary N) is 1. The second kappa shape index (κ2) is 6.33. The zero-order chi connectivity index (χ0) is 16.3. The van der Waals surface area contributed by atoms with Crippen LogP contribution in [0.4, 0.5) is 0 Å². The van der Waals surface area contributed by atoms with Gasteiger partial charge in [-0.3, -0.25) is 0 Å². The fourth-order valence-electron chi connectivity index (χ4n) is 2.27. The molecule has 3 aromatic rings. The Morgan fingerprint density at radius 1 is 1.00 bits per heavy atom. The van der Waals surface area contributed by atoms with Gasteiger partial charge < -0.3 is 0 Å². The van der Waals surface area contributed by atoms with Crippen LogP contribution in [-0.2, 0) is 16.8 Å². The molecule has 0 radical (unpaired) electrons. The molecule has 23 heavy (non-hydrogen) atoms. The highest BCUT2D eigenvalue weighted by Gasteiger charge is 2.13. The highest BCUT2D eigenvalue weighted by molar-refractivity contribution is 7.87. The third-order valence-corrected chi connectivity index (χ3v) is 3.87.